The first-order valence-electron chi connectivity index (χ1n) is 8.56. The molecule has 2 aromatic rings. The molecule has 3 rings (SSSR count). The zero-order valence-corrected chi connectivity index (χ0v) is 15.6. The van der Waals surface area contributed by atoms with Crippen LogP contribution in [0, 0.1) is 0 Å². The first kappa shape index (κ1) is 17.3. The standard InChI is InChI=1S/C20H24N2S2/c1-2-5-17-18(23)11-10-14-6-3-7-15(19(14)17)12-13-21-20(24)22-16-8-4-9-16/h2-3,6-7,10-11,16,23H,1,4-5,8-9,12-13H2,(H2,21,22,24). The number of rotatable bonds is 6. The largest absolute Gasteiger partial charge is 0.362 e. The van der Waals surface area contributed by atoms with Gasteiger partial charge in [0.05, 0.1) is 0 Å². The van der Waals surface area contributed by atoms with Gasteiger partial charge in [-0.1, -0.05) is 30.3 Å². The van der Waals surface area contributed by atoms with Crippen LogP contribution in [-0.4, -0.2) is 17.7 Å². The number of hydrogen-bond donors (Lipinski definition) is 3. The van der Waals surface area contributed by atoms with Gasteiger partial charge in [0.2, 0.25) is 0 Å². The summed E-state index contributed by atoms with van der Waals surface area (Å²) in [6, 6.07) is 11.3. The number of thiocarbonyl (C=S) groups is 1. The van der Waals surface area contributed by atoms with Crippen molar-refractivity contribution in [1.29, 1.82) is 0 Å². The lowest BCUT2D eigenvalue weighted by Crippen LogP contribution is -2.45. The molecule has 1 aliphatic carbocycles. The highest BCUT2D eigenvalue weighted by Crippen LogP contribution is 2.29. The first-order chi connectivity index (χ1) is 11.7. The molecule has 0 saturated heterocycles. The van der Waals surface area contributed by atoms with Crippen LogP contribution in [-0.2, 0) is 12.8 Å². The summed E-state index contributed by atoms with van der Waals surface area (Å²) in [4.78, 5) is 1.03. The fourth-order valence-electron chi connectivity index (χ4n) is 3.18. The molecule has 0 bridgehead atoms. The molecule has 2 N–H and O–H groups in total. The Labute approximate surface area is 155 Å². The number of thiol groups is 1. The molecule has 0 spiro atoms. The van der Waals surface area contributed by atoms with Gasteiger partial charge in [-0.05, 0) is 72.3 Å². The van der Waals surface area contributed by atoms with Crippen LogP contribution in [0.5, 0.6) is 0 Å². The predicted molar refractivity (Wildman–Crippen MR) is 110 cm³/mol. The van der Waals surface area contributed by atoms with Gasteiger partial charge in [-0.15, -0.1) is 19.2 Å². The summed E-state index contributed by atoms with van der Waals surface area (Å²) in [5.41, 5.74) is 2.59. The average molecular weight is 357 g/mol. The SMILES string of the molecule is C=CCc1c(S)ccc2cccc(CCNC(=S)NC3CCC3)c12. The van der Waals surface area contributed by atoms with Crippen LogP contribution in [0.15, 0.2) is 47.9 Å². The molecule has 0 heterocycles. The second kappa shape index (κ2) is 8.04. The summed E-state index contributed by atoms with van der Waals surface area (Å²) < 4.78 is 0. The lowest BCUT2D eigenvalue weighted by atomic mass is 9.93. The fourth-order valence-corrected chi connectivity index (χ4v) is 3.73. The second-order valence-electron chi connectivity index (χ2n) is 6.35. The molecule has 0 amide bonds. The van der Waals surface area contributed by atoms with Gasteiger partial charge >= 0.3 is 0 Å². The van der Waals surface area contributed by atoms with Crippen molar-refractivity contribution in [2.75, 3.05) is 6.54 Å². The predicted octanol–water partition coefficient (Wildman–Crippen LogP) is 4.42. The Kier molecular flexibility index (Phi) is 5.80. The molecule has 24 heavy (non-hydrogen) atoms. The van der Waals surface area contributed by atoms with Crippen molar-refractivity contribution < 1.29 is 0 Å². The highest BCUT2D eigenvalue weighted by atomic mass is 32.1. The molecule has 0 aromatic heterocycles. The molecule has 0 radical (unpaired) electrons. The lowest BCUT2D eigenvalue weighted by Gasteiger charge is -2.27. The van der Waals surface area contributed by atoms with Crippen LogP contribution in [0.2, 0.25) is 0 Å². The van der Waals surface area contributed by atoms with Crippen molar-refractivity contribution in [3.05, 3.63) is 54.1 Å². The molecule has 2 aromatic carbocycles. The summed E-state index contributed by atoms with van der Waals surface area (Å²) in [7, 11) is 0. The van der Waals surface area contributed by atoms with E-state index in [-0.39, 0.29) is 0 Å². The third-order valence-corrected chi connectivity index (χ3v) is 5.36. The van der Waals surface area contributed by atoms with Gasteiger partial charge in [0.15, 0.2) is 5.11 Å². The quantitative estimate of drug-likeness (QED) is 0.406. The van der Waals surface area contributed by atoms with Gasteiger partial charge in [0.1, 0.15) is 0 Å². The van der Waals surface area contributed by atoms with Crippen molar-refractivity contribution in [1.82, 2.24) is 10.6 Å². The van der Waals surface area contributed by atoms with Crippen molar-refractivity contribution in [3.63, 3.8) is 0 Å². The Morgan fingerprint density at radius 2 is 2.12 bits per heavy atom. The smallest absolute Gasteiger partial charge is 0.166 e. The van der Waals surface area contributed by atoms with Crippen LogP contribution < -0.4 is 10.6 Å². The van der Waals surface area contributed by atoms with E-state index in [1.807, 2.05) is 6.08 Å². The summed E-state index contributed by atoms with van der Waals surface area (Å²) in [5.74, 6) is 0. The number of benzene rings is 2. The Balaban J connectivity index is 1.72. The Morgan fingerprint density at radius 3 is 2.83 bits per heavy atom. The topological polar surface area (TPSA) is 24.1 Å². The van der Waals surface area contributed by atoms with Crippen molar-refractivity contribution in [2.24, 2.45) is 0 Å². The van der Waals surface area contributed by atoms with Crippen molar-refractivity contribution in [3.8, 4) is 0 Å². The van der Waals surface area contributed by atoms with Gasteiger partial charge in [-0.25, -0.2) is 0 Å². The van der Waals surface area contributed by atoms with Crippen LogP contribution in [0.1, 0.15) is 30.4 Å². The van der Waals surface area contributed by atoms with Crippen molar-refractivity contribution in [2.45, 2.75) is 43.0 Å². The maximum absolute atomic E-state index is 5.38. The van der Waals surface area contributed by atoms with E-state index in [1.54, 1.807) is 0 Å². The first-order valence-corrected chi connectivity index (χ1v) is 9.42. The van der Waals surface area contributed by atoms with E-state index in [0.717, 1.165) is 29.4 Å². The van der Waals surface area contributed by atoms with Gasteiger partial charge < -0.3 is 10.6 Å². The monoisotopic (exact) mass is 356 g/mol. The molecule has 0 atom stereocenters. The van der Waals surface area contributed by atoms with Gasteiger partial charge in [0, 0.05) is 17.5 Å². The Hall–Kier alpha value is -1.52. The molecule has 2 nitrogen and oxygen atoms in total. The second-order valence-corrected chi connectivity index (χ2v) is 7.24. The zero-order valence-electron chi connectivity index (χ0n) is 13.8. The maximum Gasteiger partial charge on any atom is 0.166 e. The molecule has 126 valence electrons. The third kappa shape index (κ3) is 3.93. The summed E-state index contributed by atoms with van der Waals surface area (Å²) in [6.45, 7) is 4.72. The van der Waals surface area contributed by atoms with E-state index in [1.165, 1.54) is 41.2 Å². The van der Waals surface area contributed by atoms with E-state index in [0.29, 0.717) is 6.04 Å². The van der Waals surface area contributed by atoms with Gasteiger partial charge in [0.25, 0.3) is 0 Å². The van der Waals surface area contributed by atoms with Gasteiger partial charge in [-0.3, -0.25) is 0 Å². The molecule has 4 heteroatoms. The highest BCUT2D eigenvalue weighted by molar-refractivity contribution is 7.80. The third-order valence-electron chi connectivity index (χ3n) is 4.68. The van der Waals surface area contributed by atoms with Crippen LogP contribution >= 0.6 is 24.8 Å². The van der Waals surface area contributed by atoms with E-state index in [4.69, 9.17) is 12.2 Å². The van der Waals surface area contributed by atoms with E-state index in [2.05, 4.69) is 60.2 Å². The minimum Gasteiger partial charge on any atom is -0.362 e. The van der Waals surface area contributed by atoms with Crippen LogP contribution in [0.4, 0.5) is 0 Å². The van der Waals surface area contributed by atoms with Crippen molar-refractivity contribution >= 4 is 40.7 Å². The molecule has 0 aliphatic heterocycles. The average Bonchev–Trinajstić information content (AvgIpc) is 2.54. The number of hydrogen-bond acceptors (Lipinski definition) is 2. The highest BCUT2D eigenvalue weighted by Gasteiger charge is 2.17. The molecular weight excluding hydrogens is 332 g/mol. The zero-order chi connectivity index (χ0) is 16.9. The lowest BCUT2D eigenvalue weighted by molar-refractivity contribution is 0.382. The molecule has 1 aliphatic rings. The fraction of sp³-hybridized carbons (Fsp3) is 0.350. The minimum atomic E-state index is 0.577. The Bertz CT molecular complexity index is 751. The summed E-state index contributed by atoms with van der Waals surface area (Å²) >= 11 is 10.0. The molecule has 1 saturated carbocycles. The maximum atomic E-state index is 5.38. The summed E-state index contributed by atoms with van der Waals surface area (Å²) in [6.07, 6.45) is 7.50. The normalized spacial score (nSPS) is 14.2. The van der Waals surface area contributed by atoms with E-state index in [9.17, 15) is 0 Å². The minimum absolute atomic E-state index is 0.577. The number of nitrogens with one attached hydrogen (secondary N) is 2. The molecular formula is C20H24N2S2. The van der Waals surface area contributed by atoms with Crippen LogP contribution in [0.25, 0.3) is 10.8 Å². The van der Waals surface area contributed by atoms with E-state index >= 15 is 0 Å². The van der Waals surface area contributed by atoms with E-state index < -0.39 is 0 Å². The molecule has 0 unspecified atom stereocenters. The molecule has 1 fully saturated rings. The number of fused-ring (bicyclic) bond motifs is 1. The Morgan fingerprint density at radius 1 is 1.29 bits per heavy atom. The van der Waals surface area contributed by atoms with Gasteiger partial charge in [-0.2, -0.15) is 0 Å². The number of allylic oxidation sites excluding steroid dienone is 1. The summed E-state index contributed by atoms with van der Waals surface area (Å²) in [5, 5.41) is 10.1. The van der Waals surface area contributed by atoms with Crippen LogP contribution in [0.3, 0.4) is 0 Å².